The van der Waals surface area contributed by atoms with E-state index in [-0.39, 0.29) is 6.42 Å². The summed E-state index contributed by atoms with van der Waals surface area (Å²) in [6.45, 7) is 1.39. The molecule has 1 aromatic heterocycles. The summed E-state index contributed by atoms with van der Waals surface area (Å²) in [6.07, 6.45) is 3.63. The van der Waals surface area contributed by atoms with Gasteiger partial charge in [-0.1, -0.05) is 6.07 Å². The quantitative estimate of drug-likeness (QED) is 0.733. The van der Waals surface area contributed by atoms with Crippen molar-refractivity contribution in [2.24, 2.45) is 0 Å². The molecule has 0 radical (unpaired) electrons. The average Bonchev–Trinajstić information content (AvgIpc) is 2.85. The minimum atomic E-state index is -0.787. The summed E-state index contributed by atoms with van der Waals surface area (Å²) >= 11 is 0. The van der Waals surface area contributed by atoms with Gasteiger partial charge in [-0.25, -0.2) is 0 Å². The molecule has 0 aliphatic rings. The van der Waals surface area contributed by atoms with E-state index in [1.54, 1.807) is 0 Å². The van der Waals surface area contributed by atoms with E-state index in [9.17, 15) is 4.79 Å². The van der Waals surface area contributed by atoms with Crippen LogP contribution in [-0.4, -0.2) is 48.2 Å². The molecule has 0 saturated carbocycles. The Morgan fingerprint density at radius 2 is 2.19 bits per heavy atom. The maximum Gasteiger partial charge on any atom is 0.303 e. The molecule has 0 atom stereocenters. The fourth-order valence-electron chi connectivity index (χ4n) is 2.29. The molecule has 0 fully saturated rings. The number of aromatic nitrogens is 1. The van der Waals surface area contributed by atoms with Crippen LogP contribution in [0.15, 0.2) is 24.4 Å². The number of ether oxygens (including phenoxy) is 1. The van der Waals surface area contributed by atoms with Crippen LogP contribution in [-0.2, 0) is 11.2 Å². The Labute approximate surface area is 124 Å². The lowest BCUT2D eigenvalue weighted by Gasteiger charge is -2.11. The first-order chi connectivity index (χ1) is 10.1. The Kier molecular flexibility index (Phi) is 5.22. The molecule has 0 saturated heterocycles. The van der Waals surface area contributed by atoms with Crippen LogP contribution >= 0.6 is 0 Å². The third-order valence-corrected chi connectivity index (χ3v) is 3.37. The number of hydrogen-bond acceptors (Lipinski definition) is 3. The van der Waals surface area contributed by atoms with Gasteiger partial charge in [-0.05, 0) is 44.6 Å². The highest BCUT2D eigenvalue weighted by atomic mass is 16.5. The highest BCUT2D eigenvalue weighted by Gasteiger charge is 2.10. The summed E-state index contributed by atoms with van der Waals surface area (Å²) in [4.78, 5) is 15.9. The van der Waals surface area contributed by atoms with Crippen molar-refractivity contribution in [1.82, 2.24) is 9.88 Å². The van der Waals surface area contributed by atoms with E-state index in [4.69, 9.17) is 9.84 Å². The van der Waals surface area contributed by atoms with Gasteiger partial charge in [0, 0.05) is 30.1 Å². The minimum Gasteiger partial charge on any atom is -0.493 e. The van der Waals surface area contributed by atoms with Crippen LogP contribution in [0.4, 0.5) is 0 Å². The average molecular weight is 290 g/mol. The van der Waals surface area contributed by atoms with Crippen molar-refractivity contribution in [3.05, 3.63) is 30.0 Å². The summed E-state index contributed by atoms with van der Waals surface area (Å²) in [5.74, 6) is 0.0398. The highest BCUT2D eigenvalue weighted by Crippen LogP contribution is 2.29. The maximum absolute atomic E-state index is 10.5. The molecule has 1 aromatic carbocycles. The minimum absolute atomic E-state index is 0.136. The topological polar surface area (TPSA) is 65.6 Å². The van der Waals surface area contributed by atoms with Crippen LogP contribution in [0.25, 0.3) is 10.9 Å². The Hall–Kier alpha value is -2.01. The molecule has 2 rings (SSSR count). The number of aromatic amines is 1. The van der Waals surface area contributed by atoms with Gasteiger partial charge in [-0.3, -0.25) is 4.79 Å². The third kappa shape index (κ3) is 4.23. The second-order valence-corrected chi connectivity index (χ2v) is 5.39. The standard InChI is InChI=1S/C16H22N2O3/c1-18(2)9-8-12-11-17-13-5-3-6-14(16(12)13)21-10-4-7-15(19)20/h3,5-6,11,17H,4,7-10H2,1-2H3,(H,19,20). The lowest BCUT2D eigenvalue weighted by Crippen LogP contribution is -2.14. The summed E-state index contributed by atoms with van der Waals surface area (Å²) in [5.41, 5.74) is 2.28. The number of benzene rings is 1. The number of nitrogens with zero attached hydrogens (tertiary/aromatic N) is 1. The normalized spacial score (nSPS) is 11.2. The first-order valence-corrected chi connectivity index (χ1v) is 7.16. The number of H-pyrrole nitrogens is 1. The van der Waals surface area contributed by atoms with Crippen molar-refractivity contribution in [3.8, 4) is 5.75 Å². The second-order valence-electron chi connectivity index (χ2n) is 5.39. The van der Waals surface area contributed by atoms with E-state index in [1.165, 1.54) is 5.56 Å². The number of carboxylic acid groups (broad SMARTS) is 1. The summed E-state index contributed by atoms with van der Waals surface area (Å²) in [5, 5.41) is 9.76. The van der Waals surface area contributed by atoms with Gasteiger partial charge in [-0.15, -0.1) is 0 Å². The van der Waals surface area contributed by atoms with Gasteiger partial charge in [0.05, 0.1) is 6.61 Å². The van der Waals surface area contributed by atoms with E-state index in [0.29, 0.717) is 13.0 Å². The van der Waals surface area contributed by atoms with Gasteiger partial charge in [-0.2, -0.15) is 0 Å². The molecule has 0 unspecified atom stereocenters. The largest absolute Gasteiger partial charge is 0.493 e. The zero-order valence-electron chi connectivity index (χ0n) is 12.6. The summed E-state index contributed by atoms with van der Waals surface area (Å²) in [6, 6.07) is 5.91. The number of aliphatic carboxylic acids is 1. The van der Waals surface area contributed by atoms with E-state index in [2.05, 4.69) is 24.0 Å². The molecule has 0 bridgehead atoms. The van der Waals surface area contributed by atoms with E-state index < -0.39 is 5.97 Å². The van der Waals surface area contributed by atoms with Crippen LogP contribution < -0.4 is 4.74 Å². The van der Waals surface area contributed by atoms with E-state index >= 15 is 0 Å². The van der Waals surface area contributed by atoms with Gasteiger partial charge in [0.2, 0.25) is 0 Å². The summed E-state index contributed by atoms with van der Waals surface area (Å²) in [7, 11) is 4.11. The third-order valence-electron chi connectivity index (χ3n) is 3.37. The molecular weight excluding hydrogens is 268 g/mol. The van der Waals surface area contributed by atoms with Crippen molar-refractivity contribution in [2.45, 2.75) is 19.3 Å². The molecule has 0 aliphatic carbocycles. The Morgan fingerprint density at radius 3 is 2.90 bits per heavy atom. The molecule has 21 heavy (non-hydrogen) atoms. The molecule has 5 heteroatoms. The molecule has 0 spiro atoms. The van der Waals surface area contributed by atoms with Gasteiger partial charge in [0.15, 0.2) is 0 Å². The fourth-order valence-corrected chi connectivity index (χ4v) is 2.29. The number of rotatable bonds is 8. The predicted molar refractivity (Wildman–Crippen MR) is 82.9 cm³/mol. The van der Waals surface area contributed by atoms with E-state index in [1.807, 2.05) is 24.4 Å². The smallest absolute Gasteiger partial charge is 0.303 e. The molecule has 1 heterocycles. The SMILES string of the molecule is CN(C)CCc1c[nH]c2cccc(OCCCC(=O)O)c12. The van der Waals surface area contributed by atoms with E-state index in [0.717, 1.165) is 29.6 Å². The van der Waals surface area contributed by atoms with Crippen molar-refractivity contribution >= 4 is 16.9 Å². The number of likely N-dealkylation sites (N-methyl/N-ethyl adjacent to an activating group) is 1. The van der Waals surface area contributed by atoms with Gasteiger partial charge in [0.25, 0.3) is 0 Å². The van der Waals surface area contributed by atoms with Crippen LogP contribution in [0, 0.1) is 0 Å². The van der Waals surface area contributed by atoms with Gasteiger partial charge < -0.3 is 19.7 Å². The lowest BCUT2D eigenvalue weighted by molar-refractivity contribution is -0.137. The van der Waals surface area contributed by atoms with Crippen LogP contribution in [0.2, 0.25) is 0 Å². The molecule has 0 amide bonds. The molecule has 114 valence electrons. The Bertz CT molecular complexity index is 605. The van der Waals surface area contributed by atoms with Crippen LogP contribution in [0.1, 0.15) is 18.4 Å². The number of nitrogens with one attached hydrogen (secondary N) is 1. The number of fused-ring (bicyclic) bond motifs is 1. The molecule has 0 aliphatic heterocycles. The van der Waals surface area contributed by atoms with Crippen LogP contribution in [0.5, 0.6) is 5.75 Å². The first-order valence-electron chi connectivity index (χ1n) is 7.16. The molecule has 2 aromatic rings. The zero-order valence-corrected chi connectivity index (χ0v) is 12.6. The lowest BCUT2D eigenvalue weighted by atomic mass is 10.1. The first kappa shape index (κ1) is 15.4. The van der Waals surface area contributed by atoms with Crippen molar-refractivity contribution in [3.63, 3.8) is 0 Å². The molecular formula is C16H22N2O3. The maximum atomic E-state index is 10.5. The number of carbonyl (C=O) groups is 1. The highest BCUT2D eigenvalue weighted by molar-refractivity contribution is 5.89. The summed E-state index contributed by atoms with van der Waals surface area (Å²) < 4.78 is 5.78. The molecule has 2 N–H and O–H groups in total. The Morgan fingerprint density at radius 1 is 1.38 bits per heavy atom. The van der Waals surface area contributed by atoms with Gasteiger partial charge in [0.1, 0.15) is 5.75 Å². The predicted octanol–water partition coefficient (Wildman–Crippen LogP) is 2.52. The monoisotopic (exact) mass is 290 g/mol. The Balaban J connectivity index is 2.10. The van der Waals surface area contributed by atoms with Gasteiger partial charge >= 0.3 is 5.97 Å². The second kappa shape index (κ2) is 7.13. The molecule has 5 nitrogen and oxygen atoms in total. The van der Waals surface area contributed by atoms with Crippen molar-refractivity contribution < 1.29 is 14.6 Å². The van der Waals surface area contributed by atoms with Crippen molar-refractivity contribution in [2.75, 3.05) is 27.2 Å². The van der Waals surface area contributed by atoms with Crippen molar-refractivity contribution in [1.29, 1.82) is 0 Å². The fraction of sp³-hybridized carbons (Fsp3) is 0.438. The number of carboxylic acids is 1. The van der Waals surface area contributed by atoms with Crippen LogP contribution in [0.3, 0.4) is 0 Å². The number of hydrogen-bond donors (Lipinski definition) is 2. The zero-order chi connectivity index (χ0) is 15.2.